The van der Waals surface area contributed by atoms with Crippen LogP contribution in [0.4, 0.5) is 0 Å². The van der Waals surface area contributed by atoms with Gasteiger partial charge in [0.1, 0.15) is 11.9 Å². The van der Waals surface area contributed by atoms with Gasteiger partial charge in [0.25, 0.3) is 0 Å². The number of aliphatic hydroxyl groups is 1. The molecule has 1 aromatic heterocycles. The van der Waals surface area contributed by atoms with Crippen LogP contribution in [0.2, 0.25) is 0 Å². The number of hydrogen-bond acceptors (Lipinski definition) is 2. The summed E-state index contributed by atoms with van der Waals surface area (Å²) in [6.45, 7) is 5.88. The second-order valence-corrected chi connectivity index (χ2v) is 5.21. The Morgan fingerprint density at radius 3 is 2.41 bits per heavy atom. The molecule has 1 heterocycles. The van der Waals surface area contributed by atoms with Crippen molar-refractivity contribution in [3.63, 3.8) is 0 Å². The maximum absolute atomic E-state index is 10.3. The van der Waals surface area contributed by atoms with E-state index in [-0.39, 0.29) is 0 Å². The van der Waals surface area contributed by atoms with Crippen LogP contribution in [0.15, 0.2) is 33.4 Å². The van der Waals surface area contributed by atoms with Crippen LogP contribution < -0.4 is 0 Å². The molecule has 2 nitrogen and oxygen atoms in total. The predicted octanol–water partition coefficient (Wildman–Crippen LogP) is 4.05. The van der Waals surface area contributed by atoms with E-state index in [1.807, 2.05) is 39.0 Å². The molecule has 0 saturated carbocycles. The Kier molecular flexibility index (Phi) is 3.40. The van der Waals surface area contributed by atoms with Crippen molar-refractivity contribution in [3.8, 4) is 0 Å². The summed E-state index contributed by atoms with van der Waals surface area (Å²) in [5, 5.41) is 10.3. The van der Waals surface area contributed by atoms with Crippen LogP contribution in [0.3, 0.4) is 0 Å². The normalized spacial score (nSPS) is 12.8. The molecule has 0 saturated heterocycles. The largest absolute Gasteiger partial charge is 0.469 e. The van der Waals surface area contributed by atoms with Crippen LogP contribution >= 0.6 is 15.9 Å². The Bertz CT molecular complexity index is 543. The summed E-state index contributed by atoms with van der Waals surface area (Å²) in [5.74, 6) is 0.811. The maximum Gasteiger partial charge on any atom is 0.107 e. The number of aliphatic hydroxyl groups excluding tert-OH is 1. The molecule has 17 heavy (non-hydrogen) atoms. The quantitative estimate of drug-likeness (QED) is 0.906. The topological polar surface area (TPSA) is 33.4 Å². The molecule has 2 rings (SSSR count). The van der Waals surface area contributed by atoms with Crippen LogP contribution in [0, 0.1) is 20.8 Å². The average molecular weight is 295 g/mol. The van der Waals surface area contributed by atoms with E-state index >= 15 is 0 Å². The summed E-state index contributed by atoms with van der Waals surface area (Å²) in [6.07, 6.45) is 0.982. The van der Waals surface area contributed by atoms with Crippen LogP contribution in [-0.2, 0) is 0 Å². The Hall–Kier alpha value is -1.06. The highest BCUT2D eigenvalue weighted by molar-refractivity contribution is 9.10. The van der Waals surface area contributed by atoms with Crippen LogP contribution in [0.1, 0.15) is 34.1 Å². The molecule has 0 aliphatic rings. The van der Waals surface area contributed by atoms with Crippen molar-refractivity contribution >= 4 is 15.9 Å². The highest BCUT2D eigenvalue weighted by Gasteiger charge is 2.16. The van der Waals surface area contributed by atoms with Gasteiger partial charge in [-0.15, -0.1) is 0 Å². The first-order valence-electron chi connectivity index (χ1n) is 5.49. The number of rotatable bonds is 2. The Morgan fingerprint density at radius 2 is 1.82 bits per heavy atom. The first kappa shape index (κ1) is 12.4. The fourth-order valence-corrected chi connectivity index (χ4v) is 2.34. The molecule has 1 N–H and O–H groups in total. The summed E-state index contributed by atoms with van der Waals surface area (Å²) in [5.41, 5.74) is 3.90. The fraction of sp³-hybridized carbons (Fsp3) is 0.286. The second kappa shape index (κ2) is 4.67. The van der Waals surface area contributed by atoms with Gasteiger partial charge in [-0.25, -0.2) is 0 Å². The van der Waals surface area contributed by atoms with Crippen LogP contribution in [-0.4, -0.2) is 5.11 Å². The van der Waals surface area contributed by atoms with Crippen molar-refractivity contribution in [1.29, 1.82) is 0 Å². The van der Waals surface area contributed by atoms with Gasteiger partial charge in [0.2, 0.25) is 0 Å². The third-order valence-electron chi connectivity index (χ3n) is 2.91. The first-order valence-corrected chi connectivity index (χ1v) is 6.28. The Balaban J connectivity index is 2.43. The number of aryl methyl sites for hydroxylation is 3. The predicted molar refractivity (Wildman–Crippen MR) is 71.1 cm³/mol. The minimum atomic E-state index is -0.626. The zero-order chi connectivity index (χ0) is 12.6. The van der Waals surface area contributed by atoms with Gasteiger partial charge in [-0.05, 0) is 49.6 Å². The summed E-state index contributed by atoms with van der Waals surface area (Å²) >= 11 is 3.49. The zero-order valence-electron chi connectivity index (χ0n) is 10.1. The average Bonchev–Trinajstić information content (AvgIpc) is 2.69. The lowest BCUT2D eigenvalue weighted by Gasteiger charge is -2.14. The molecule has 1 aromatic carbocycles. The smallest absolute Gasteiger partial charge is 0.107 e. The lowest BCUT2D eigenvalue weighted by Crippen LogP contribution is -2.01. The highest BCUT2D eigenvalue weighted by atomic mass is 79.9. The summed E-state index contributed by atoms with van der Waals surface area (Å²) < 4.78 is 6.30. The molecule has 0 bridgehead atoms. The molecular weight excluding hydrogens is 280 g/mol. The van der Waals surface area contributed by atoms with Crippen molar-refractivity contribution < 1.29 is 9.52 Å². The monoisotopic (exact) mass is 294 g/mol. The van der Waals surface area contributed by atoms with Gasteiger partial charge in [0.05, 0.1) is 6.26 Å². The molecule has 0 fully saturated rings. The lowest BCUT2D eigenvalue weighted by molar-refractivity contribution is 0.218. The van der Waals surface area contributed by atoms with Crippen molar-refractivity contribution in [1.82, 2.24) is 0 Å². The van der Waals surface area contributed by atoms with E-state index < -0.39 is 6.10 Å². The molecule has 90 valence electrons. The number of halogens is 1. The minimum absolute atomic E-state index is 0.626. The fourth-order valence-electron chi connectivity index (χ4n) is 1.88. The molecule has 1 atom stereocenters. The molecule has 0 radical (unpaired) electrons. The van der Waals surface area contributed by atoms with E-state index in [9.17, 15) is 5.11 Å². The van der Waals surface area contributed by atoms with Crippen LogP contribution in [0.5, 0.6) is 0 Å². The van der Waals surface area contributed by atoms with Crippen molar-refractivity contribution in [2.75, 3.05) is 0 Å². The highest BCUT2D eigenvalue weighted by Crippen LogP contribution is 2.29. The van der Waals surface area contributed by atoms with Gasteiger partial charge >= 0.3 is 0 Å². The van der Waals surface area contributed by atoms with E-state index in [1.54, 1.807) is 6.26 Å². The van der Waals surface area contributed by atoms with Crippen molar-refractivity contribution in [3.05, 3.63) is 56.9 Å². The lowest BCUT2D eigenvalue weighted by atomic mass is 9.97. The van der Waals surface area contributed by atoms with E-state index in [1.165, 1.54) is 0 Å². The van der Waals surface area contributed by atoms with Gasteiger partial charge < -0.3 is 9.52 Å². The van der Waals surface area contributed by atoms with E-state index in [0.29, 0.717) is 0 Å². The minimum Gasteiger partial charge on any atom is -0.469 e. The summed E-state index contributed by atoms with van der Waals surface area (Å²) in [4.78, 5) is 0. The number of furan rings is 1. The van der Waals surface area contributed by atoms with Gasteiger partial charge in [0, 0.05) is 10.0 Å². The van der Waals surface area contributed by atoms with E-state index in [0.717, 1.165) is 32.5 Å². The molecule has 0 amide bonds. The number of benzene rings is 1. The molecule has 2 aromatic rings. The Labute approximate surface area is 109 Å². The van der Waals surface area contributed by atoms with E-state index in [2.05, 4.69) is 15.9 Å². The molecule has 0 aliphatic heterocycles. The SMILES string of the molecule is Cc1cc(C(O)c2cc(C)c(Br)cc2C)co1. The van der Waals surface area contributed by atoms with Crippen molar-refractivity contribution in [2.24, 2.45) is 0 Å². The molecule has 3 heteroatoms. The molecule has 0 aliphatic carbocycles. The van der Waals surface area contributed by atoms with Crippen LogP contribution in [0.25, 0.3) is 0 Å². The third-order valence-corrected chi connectivity index (χ3v) is 3.76. The van der Waals surface area contributed by atoms with Gasteiger partial charge in [-0.3, -0.25) is 0 Å². The summed E-state index contributed by atoms with van der Waals surface area (Å²) in [7, 11) is 0. The van der Waals surface area contributed by atoms with Gasteiger partial charge in [-0.1, -0.05) is 22.0 Å². The van der Waals surface area contributed by atoms with Crippen molar-refractivity contribution in [2.45, 2.75) is 26.9 Å². The summed E-state index contributed by atoms with van der Waals surface area (Å²) in [6, 6.07) is 5.90. The Morgan fingerprint density at radius 1 is 1.12 bits per heavy atom. The maximum atomic E-state index is 10.3. The van der Waals surface area contributed by atoms with Gasteiger partial charge in [-0.2, -0.15) is 0 Å². The number of hydrogen-bond donors (Lipinski definition) is 1. The second-order valence-electron chi connectivity index (χ2n) is 4.35. The zero-order valence-corrected chi connectivity index (χ0v) is 11.7. The standard InChI is InChI=1S/C14H15BrO2/c1-8-5-13(15)9(2)4-12(8)14(16)11-6-10(3)17-7-11/h4-7,14,16H,1-3H3. The molecule has 1 unspecified atom stereocenters. The molecule has 0 spiro atoms. The van der Waals surface area contributed by atoms with Gasteiger partial charge in [0.15, 0.2) is 0 Å². The van der Waals surface area contributed by atoms with E-state index in [4.69, 9.17) is 4.42 Å². The third kappa shape index (κ3) is 2.45. The first-order chi connectivity index (χ1) is 7.99. The molecular formula is C14H15BrO2.